The first-order valence-corrected chi connectivity index (χ1v) is 9.71. The van der Waals surface area contributed by atoms with Gasteiger partial charge in [0.2, 0.25) is 11.8 Å². The van der Waals surface area contributed by atoms with Gasteiger partial charge in [-0.2, -0.15) is 11.8 Å². The highest BCUT2D eigenvalue weighted by molar-refractivity contribution is 7.98. The lowest BCUT2D eigenvalue weighted by molar-refractivity contribution is -0.129. The molecule has 0 saturated heterocycles. The summed E-state index contributed by atoms with van der Waals surface area (Å²) in [6, 6.07) is 7.92. The minimum absolute atomic E-state index is 0.0581. The van der Waals surface area contributed by atoms with E-state index in [0.29, 0.717) is 12.8 Å². The zero-order valence-electron chi connectivity index (χ0n) is 13.9. The Balaban J connectivity index is 2.04. The highest BCUT2D eigenvalue weighted by atomic mass is 32.2. The van der Waals surface area contributed by atoms with Crippen molar-refractivity contribution in [3.63, 3.8) is 0 Å². The third-order valence-electron chi connectivity index (χ3n) is 4.27. The van der Waals surface area contributed by atoms with Crippen LogP contribution in [0.25, 0.3) is 0 Å². The Labute approximate surface area is 142 Å². The summed E-state index contributed by atoms with van der Waals surface area (Å²) < 4.78 is 0. The van der Waals surface area contributed by atoms with E-state index < -0.39 is 6.04 Å². The van der Waals surface area contributed by atoms with Crippen LogP contribution in [0, 0.1) is 0 Å². The number of hydrogen-bond acceptors (Lipinski definition) is 3. The quantitative estimate of drug-likeness (QED) is 0.806. The first kappa shape index (κ1) is 17.9. The van der Waals surface area contributed by atoms with Crippen LogP contribution in [0.5, 0.6) is 0 Å². The number of rotatable bonds is 7. The van der Waals surface area contributed by atoms with Gasteiger partial charge in [-0.3, -0.25) is 9.59 Å². The van der Waals surface area contributed by atoms with Gasteiger partial charge < -0.3 is 10.6 Å². The number of aryl methyl sites for hydroxylation is 1. The summed E-state index contributed by atoms with van der Waals surface area (Å²) >= 11 is 1.69. The topological polar surface area (TPSA) is 58.2 Å². The van der Waals surface area contributed by atoms with E-state index in [9.17, 15) is 9.59 Å². The van der Waals surface area contributed by atoms with Gasteiger partial charge in [0.25, 0.3) is 0 Å². The Bertz CT molecular complexity index is 548. The molecule has 0 saturated carbocycles. The van der Waals surface area contributed by atoms with Crippen LogP contribution in [-0.4, -0.2) is 29.9 Å². The standard InChI is InChI=1S/C18H26N2O2S/c1-3-17(21)19-16(11-12-23-2)18(22)20-15-10-6-8-13-7-4-5-9-14(13)15/h4-5,7,9,15-16H,3,6,8,10-12H2,1-2H3,(H,19,21)(H,20,22). The molecule has 1 aromatic carbocycles. The fourth-order valence-corrected chi connectivity index (χ4v) is 3.45. The molecule has 0 aliphatic heterocycles. The van der Waals surface area contributed by atoms with Crippen molar-refractivity contribution >= 4 is 23.6 Å². The second-order valence-corrected chi connectivity index (χ2v) is 6.89. The molecule has 0 radical (unpaired) electrons. The molecule has 0 spiro atoms. The molecule has 126 valence electrons. The first-order chi connectivity index (χ1) is 11.2. The van der Waals surface area contributed by atoms with E-state index in [2.05, 4.69) is 22.8 Å². The summed E-state index contributed by atoms with van der Waals surface area (Å²) in [5.41, 5.74) is 2.54. The van der Waals surface area contributed by atoms with Gasteiger partial charge in [0.1, 0.15) is 6.04 Å². The summed E-state index contributed by atoms with van der Waals surface area (Å²) in [5, 5.41) is 6.00. The molecule has 0 aromatic heterocycles. The van der Waals surface area contributed by atoms with Crippen LogP contribution in [0.4, 0.5) is 0 Å². The number of amides is 2. The predicted molar refractivity (Wildman–Crippen MR) is 95.5 cm³/mol. The molecule has 1 aliphatic rings. The lowest BCUT2D eigenvalue weighted by atomic mass is 9.87. The molecule has 0 heterocycles. The lowest BCUT2D eigenvalue weighted by Crippen LogP contribution is -2.48. The van der Waals surface area contributed by atoms with Crippen LogP contribution in [0.3, 0.4) is 0 Å². The summed E-state index contributed by atoms with van der Waals surface area (Å²) in [6.45, 7) is 1.80. The maximum atomic E-state index is 12.6. The van der Waals surface area contributed by atoms with E-state index in [4.69, 9.17) is 0 Å². The maximum absolute atomic E-state index is 12.6. The van der Waals surface area contributed by atoms with Gasteiger partial charge in [-0.1, -0.05) is 31.2 Å². The maximum Gasteiger partial charge on any atom is 0.243 e. The van der Waals surface area contributed by atoms with Gasteiger partial charge in [-0.25, -0.2) is 0 Å². The van der Waals surface area contributed by atoms with Crippen molar-refractivity contribution in [1.82, 2.24) is 10.6 Å². The summed E-state index contributed by atoms with van der Waals surface area (Å²) in [4.78, 5) is 24.3. The van der Waals surface area contributed by atoms with Gasteiger partial charge in [0.15, 0.2) is 0 Å². The zero-order chi connectivity index (χ0) is 16.7. The predicted octanol–water partition coefficient (Wildman–Crippen LogP) is 2.83. The normalized spacial score (nSPS) is 17.9. The van der Waals surface area contributed by atoms with E-state index in [1.807, 2.05) is 18.4 Å². The Hall–Kier alpha value is -1.49. The van der Waals surface area contributed by atoms with E-state index in [0.717, 1.165) is 25.0 Å². The number of thioether (sulfide) groups is 1. The summed E-state index contributed by atoms with van der Waals surface area (Å²) in [5.74, 6) is 0.710. The van der Waals surface area contributed by atoms with Crippen molar-refractivity contribution in [2.75, 3.05) is 12.0 Å². The molecule has 2 rings (SSSR count). The molecule has 2 atom stereocenters. The van der Waals surface area contributed by atoms with Crippen LogP contribution >= 0.6 is 11.8 Å². The van der Waals surface area contributed by atoms with E-state index in [1.54, 1.807) is 18.7 Å². The Kier molecular flexibility index (Phi) is 6.96. The molecule has 2 amide bonds. The van der Waals surface area contributed by atoms with Crippen LogP contribution in [0.15, 0.2) is 24.3 Å². The Morgan fingerprint density at radius 1 is 1.35 bits per heavy atom. The zero-order valence-corrected chi connectivity index (χ0v) is 14.7. The van der Waals surface area contributed by atoms with Crippen molar-refractivity contribution in [3.05, 3.63) is 35.4 Å². The van der Waals surface area contributed by atoms with Gasteiger partial charge in [-0.15, -0.1) is 0 Å². The van der Waals surface area contributed by atoms with E-state index >= 15 is 0 Å². The molecule has 0 bridgehead atoms. The number of nitrogens with one attached hydrogen (secondary N) is 2. The molecule has 1 aromatic rings. The minimum Gasteiger partial charge on any atom is -0.348 e. The van der Waals surface area contributed by atoms with Crippen LogP contribution in [0.1, 0.15) is 49.8 Å². The van der Waals surface area contributed by atoms with Gasteiger partial charge in [-0.05, 0) is 48.8 Å². The molecule has 1 aliphatic carbocycles. The van der Waals surface area contributed by atoms with Gasteiger partial charge >= 0.3 is 0 Å². The number of fused-ring (bicyclic) bond motifs is 1. The molecular weight excluding hydrogens is 308 g/mol. The smallest absolute Gasteiger partial charge is 0.243 e. The van der Waals surface area contributed by atoms with Gasteiger partial charge in [0, 0.05) is 6.42 Å². The highest BCUT2D eigenvalue weighted by Crippen LogP contribution is 2.29. The first-order valence-electron chi connectivity index (χ1n) is 8.32. The SMILES string of the molecule is CCC(=O)NC(CCSC)C(=O)NC1CCCc2ccccc21. The average molecular weight is 334 g/mol. The molecular formula is C18H26N2O2S. The number of carbonyl (C=O) groups excluding carboxylic acids is 2. The average Bonchev–Trinajstić information content (AvgIpc) is 2.58. The van der Waals surface area contributed by atoms with Crippen molar-refractivity contribution in [2.24, 2.45) is 0 Å². The highest BCUT2D eigenvalue weighted by Gasteiger charge is 2.26. The minimum atomic E-state index is -0.441. The molecule has 5 heteroatoms. The molecule has 2 unspecified atom stereocenters. The third kappa shape index (κ3) is 4.99. The molecule has 4 nitrogen and oxygen atoms in total. The van der Waals surface area contributed by atoms with Crippen molar-refractivity contribution < 1.29 is 9.59 Å². The van der Waals surface area contributed by atoms with E-state index in [-0.39, 0.29) is 17.9 Å². The third-order valence-corrected chi connectivity index (χ3v) is 4.91. The fourth-order valence-electron chi connectivity index (χ4n) is 2.98. The fraction of sp³-hybridized carbons (Fsp3) is 0.556. The van der Waals surface area contributed by atoms with Gasteiger partial charge in [0.05, 0.1) is 6.04 Å². The van der Waals surface area contributed by atoms with Crippen LogP contribution in [-0.2, 0) is 16.0 Å². The molecule has 23 heavy (non-hydrogen) atoms. The monoisotopic (exact) mass is 334 g/mol. The largest absolute Gasteiger partial charge is 0.348 e. The molecule has 2 N–H and O–H groups in total. The van der Waals surface area contributed by atoms with Crippen molar-refractivity contribution in [1.29, 1.82) is 0 Å². The summed E-state index contributed by atoms with van der Waals surface area (Å²) in [7, 11) is 0. The van der Waals surface area contributed by atoms with Crippen LogP contribution in [0.2, 0.25) is 0 Å². The lowest BCUT2D eigenvalue weighted by Gasteiger charge is -2.28. The second-order valence-electron chi connectivity index (χ2n) is 5.91. The Morgan fingerprint density at radius 3 is 2.87 bits per heavy atom. The molecule has 0 fully saturated rings. The van der Waals surface area contributed by atoms with Crippen molar-refractivity contribution in [2.45, 2.75) is 51.1 Å². The summed E-state index contributed by atoms with van der Waals surface area (Å²) in [6.07, 6.45) is 6.18. The Morgan fingerprint density at radius 2 is 2.13 bits per heavy atom. The number of carbonyl (C=O) groups is 2. The van der Waals surface area contributed by atoms with E-state index in [1.165, 1.54) is 11.1 Å². The second kappa shape index (κ2) is 8.96. The number of hydrogen-bond donors (Lipinski definition) is 2. The van der Waals surface area contributed by atoms with Crippen LogP contribution < -0.4 is 10.6 Å². The number of benzene rings is 1. The van der Waals surface area contributed by atoms with Crippen molar-refractivity contribution in [3.8, 4) is 0 Å².